The van der Waals surface area contributed by atoms with Gasteiger partial charge in [-0.2, -0.15) is 0 Å². The Morgan fingerprint density at radius 3 is 2.77 bits per heavy atom. The number of imidazole rings is 1. The molecule has 2 N–H and O–H groups in total. The number of para-hydroxylation sites is 2. The van der Waals surface area contributed by atoms with Crippen LogP contribution in [0, 0.1) is 10.1 Å². The number of aromatic nitrogens is 2. The van der Waals surface area contributed by atoms with Gasteiger partial charge >= 0.3 is 0 Å². The van der Waals surface area contributed by atoms with Gasteiger partial charge in [-0.1, -0.05) is 23.7 Å². The van der Waals surface area contributed by atoms with E-state index in [0.717, 1.165) is 11.6 Å². The van der Waals surface area contributed by atoms with E-state index in [2.05, 4.69) is 15.3 Å². The molecule has 1 aromatic heterocycles. The quantitative estimate of drug-likeness (QED) is 0.571. The van der Waals surface area contributed by atoms with E-state index < -0.39 is 10.8 Å². The first kappa shape index (κ1) is 14.0. The molecule has 3 rings (SSSR count). The molecule has 8 heteroatoms. The summed E-state index contributed by atoms with van der Waals surface area (Å²) >= 11 is 5.93. The lowest BCUT2D eigenvalue weighted by molar-refractivity contribution is -0.384. The number of nitro benzene ring substituents is 1. The van der Waals surface area contributed by atoms with Crippen LogP contribution >= 0.6 is 11.6 Å². The largest absolute Gasteiger partial charge is 0.324 e. The Morgan fingerprint density at radius 2 is 2.05 bits per heavy atom. The lowest BCUT2D eigenvalue weighted by atomic mass is 10.2. The number of nitrogens with one attached hydrogen (secondary N) is 2. The summed E-state index contributed by atoms with van der Waals surface area (Å²) in [5, 5.41) is 13.4. The van der Waals surface area contributed by atoms with Gasteiger partial charge in [0.1, 0.15) is 0 Å². The van der Waals surface area contributed by atoms with Crippen molar-refractivity contribution in [3.05, 3.63) is 63.2 Å². The van der Waals surface area contributed by atoms with Crippen molar-refractivity contribution >= 4 is 40.2 Å². The Hall–Kier alpha value is -2.93. The lowest BCUT2D eigenvalue weighted by Crippen LogP contribution is -2.13. The number of hydrogen-bond donors (Lipinski definition) is 2. The minimum Gasteiger partial charge on any atom is -0.324 e. The van der Waals surface area contributed by atoms with Crippen molar-refractivity contribution in [2.45, 2.75) is 0 Å². The predicted molar refractivity (Wildman–Crippen MR) is 82.2 cm³/mol. The summed E-state index contributed by atoms with van der Waals surface area (Å²) < 4.78 is 0. The molecule has 7 nitrogen and oxygen atoms in total. The van der Waals surface area contributed by atoms with Gasteiger partial charge in [0.15, 0.2) is 0 Å². The van der Waals surface area contributed by atoms with Crippen LogP contribution in [0.2, 0.25) is 5.02 Å². The van der Waals surface area contributed by atoms with Crippen molar-refractivity contribution in [1.82, 2.24) is 9.97 Å². The summed E-state index contributed by atoms with van der Waals surface area (Å²) in [6.45, 7) is 0. The molecular weight excluding hydrogens is 308 g/mol. The number of halogens is 1. The van der Waals surface area contributed by atoms with Crippen LogP contribution in [-0.4, -0.2) is 20.8 Å². The molecule has 1 heterocycles. The van der Waals surface area contributed by atoms with Gasteiger partial charge < -0.3 is 4.98 Å². The maximum atomic E-state index is 12.2. The molecule has 0 spiro atoms. The summed E-state index contributed by atoms with van der Waals surface area (Å²) in [5.74, 6) is -0.332. The molecule has 22 heavy (non-hydrogen) atoms. The molecule has 110 valence electrons. The fourth-order valence-electron chi connectivity index (χ4n) is 1.99. The van der Waals surface area contributed by atoms with Crippen molar-refractivity contribution in [3.63, 3.8) is 0 Å². The highest BCUT2D eigenvalue weighted by atomic mass is 35.5. The summed E-state index contributed by atoms with van der Waals surface area (Å²) in [6.07, 6.45) is 0. The number of H-pyrrole nitrogens is 1. The summed E-state index contributed by atoms with van der Waals surface area (Å²) in [5.41, 5.74) is 1.27. The zero-order valence-corrected chi connectivity index (χ0v) is 11.8. The van der Waals surface area contributed by atoms with E-state index in [1.807, 2.05) is 18.2 Å². The second kappa shape index (κ2) is 5.45. The Bertz CT molecular complexity index is 858. The average molecular weight is 317 g/mol. The molecular formula is C14H9ClN4O3. The number of carbonyl (C=O) groups is 1. The Morgan fingerprint density at radius 1 is 1.27 bits per heavy atom. The van der Waals surface area contributed by atoms with Gasteiger partial charge in [0.05, 0.1) is 26.5 Å². The molecule has 0 radical (unpaired) electrons. The molecule has 0 saturated carbocycles. The molecule has 0 unspecified atom stereocenters. The molecule has 0 aliphatic rings. The third-order valence-electron chi connectivity index (χ3n) is 3.03. The van der Waals surface area contributed by atoms with Crippen LogP contribution in [0.15, 0.2) is 42.5 Å². The number of aromatic amines is 1. The van der Waals surface area contributed by atoms with Crippen molar-refractivity contribution in [2.75, 3.05) is 5.32 Å². The van der Waals surface area contributed by atoms with E-state index in [1.54, 1.807) is 6.07 Å². The predicted octanol–water partition coefficient (Wildman–Crippen LogP) is 3.38. The number of fused-ring (bicyclic) bond motifs is 1. The molecule has 0 fully saturated rings. The van der Waals surface area contributed by atoms with Crippen molar-refractivity contribution in [3.8, 4) is 0 Å². The Kier molecular flexibility index (Phi) is 3.48. The Labute approximate surface area is 129 Å². The normalized spacial score (nSPS) is 10.6. The van der Waals surface area contributed by atoms with Crippen molar-refractivity contribution in [2.24, 2.45) is 0 Å². The third kappa shape index (κ3) is 2.61. The van der Waals surface area contributed by atoms with E-state index >= 15 is 0 Å². The van der Waals surface area contributed by atoms with Gasteiger partial charge in [-0.25, -0.2) is 4.98 Å². The van der Waals surface area contributed by atoms with Crippen LogP contribution in [0.4, 0.5) is 11.6 Å². The van der Waals surface area contributed by atoms with Gasteiger partial charge in [0, 0.05) is 12.1 Å². The van der Waals surface area contributed by atoms with E-state index in [-0.39, 0.29) is 22.2 Å². The number of rotatable bonds is 3. The first-order chi connectivity index (χ1) is 10.5. The minimum absolute atomic E-state index is 0.0105. The van der Waals surface area contributed by atoms with E-state index in [0.29, 0.717) is 5.52 Å². The number of carbonyl (C=O) groups excluding carboxylic acids is 1. The maximum Gasteiger partial charge on any atom is 0.270 e. The number of benzene rings is 2. The lowest BCUT2D eigenvalue weighted by Gasteiger charge is -2.04. The van der Waals surface area contributed by atoms with E-state index in [9.17, 15) is 14.9 Å². The fraction of sp³-hybridized carbons (Fsp3) is 0. The van der Waals surface area contributed by atoms with Gasteiger partial charge in [0.25, 0.3) is 11.6 Å². The molecule has 0 aliphatic carbocycles. The summed E-state index contributed by atoms with van der Waals surface area (Å²) in [6, 6.07) is 10.9. The highest BCUT2D eigenvalue weighted by Crippen LogP contribution is 2.23. The monoisotopic (exact) mass is 316 g/mol. The Balaban J connectivity index is 1.91. The number of nitrogens with zero attached hydrogens (tertiary/aromatic N) is 2. The molecule has 0 atom stereocenters. The number of nitro groups is 1. The third-order valence-corrected chi connectivity index (χ3v) is 3.36. The molecule has 1 amide bonds. The minimum atomic E-state index is -0.589. The number of hydrogen-bond acceptors (Lipinski definition) is 4. The highest BCUT2D eigenvalue weighted by Gasteiger charge is 2.17. The van der Waals surface area contributed by atoms with Gasteiger partial charge in [0.2, 0.25) is 5.95 Å². The van der Waals surface area contributed by atoms with Crippen LogP contribution in [0.3, 0.4) is 0 Å². The zero-order valence-electron chi connectivity index (χ0n) is 11.0. The topological polar surface area (TPSA) is 101 Å². The number of amides is 1. The standard InChI is InChI=1S/C14H9ClN4O3/c15-10-6-5-8(19(21)22)7-9(10)13(20)18-14-16-11-3-1-2-4-12(11)17-14/h1-7H,(H2,16,17,18,20). The molecule has 3 aromatic rings. The second-order valence-electron chi connectivity index (χ2n) is 4.48. The van der Waals surface area contributed by atoms with E-state index in [1.165, 1.54) is 12.1 Å². The maximum absolute atomic E-state index is 12.2. The van der Waals surface area contributed by atoms with Crippen molar-refractivity contribution < 1.29 is 9.72 Å². The smallest absolute Gasteiger partial charge is 0.270 e. The van der Waals surface area contributed by atoms with Gasteiger partial charge in [-0.05, 0) is 18.2 Å². The SMILES string of the molecule is O=C(Nc1nc2ccccc2[nH]1)c1cc([N+](=O)[O-])ccc1Cl. The second-order valence-corrected chi connectivity index (χ2v) is 4.89. The van der Waals surface area contributed by atoms with Gasteiger partial charge in [-0.15, -0.1) is 0 Å². The molecule has 0 bridgehead atoms. The zero-order chi connectivity index (χ0) is 15.7. The number of anilines is 1. The molecule has 0 aliphatic heterocycles. The van der Waals surface area contributed by atoms with Crippen molar-refractivity contribution in [1.29, 1.82) is 0 Å². The highest BCUT2D eigenvalue weighted by molar-refractivity contribution is 6.34. The first-order valence-corrected chi connectivity index (χ1v) is 6.62. The first-order valence-electron chi connectivity index (χ1n) is 6.24. The fourth-order valence-corrected chi connectivity index (χ4v) is 2.19. The van der Waals surface area contributed by atoms with Crippen LogP contribution in [0.5, 0.6) is 0 Å². The van der Waals surface area contributed by atoms with Gasteiger partial charge in [-0.3, -0.25) is 20.2 Å². The van der Waals surface area contributed by atoms with Crippen LogP contribution in [0.25, 0.3) is 11.0 Å². The summed E-state index contributed by atoms with van der Waals surface area (Å²) in [4.78, 5) is 29.5. The van der Waals surface area contributed by atoms with Crippen LogP contribution < -0.4 is 5.32 Å². The van der Waals surface area contributed by atoms with Crippen LogP contribution in [0.1, 0.15) is 10.4 Å². The summed E-state index contributed by atoms with van der Waals surface area (Å²) in [7, 11) is 0. The van der Waals surface area contributed by atoms with E-state index in [4.69, 9.17) is 11.6 Å². The molecule has 2 aromatic carbocycles. The number of non-ortho nitro benzene ring substituents is 1. The average Bonchev–Trinajstić information content (AvgIpc) is 2.89. The molecule has 0 saturated heterocycles. The van der Waals surface area contributed by atoms with Crippen LogP contribution in [-0.2, 0) is 0 Å².